The molecule has 2 heterocycles. The Hall–Kier alpha value is -1.63. The second-order valence-electron chi connectivity index (χ2n) is 4.11. The van der Waals surface area contributed by atoms with Crippen molar-refractivity contribution >= 4 is 23.3 Å². The van der Waals surface area contributed by atoms with Gasteiger partial charge in [-0.25, -0.2) is 9.78 Å². The summed E-state index contributed by atoms with van der Waals surface area (Å²) in [5, 5.41) is 3.65. The maximum atomic E-state index is 11.8. The number of nitrogens with zero attached hydrogens (tertiary/aromatic N) is 3. The van der Waals surface area contributed by atoms with Crippen molar-refractivity contribution in [2.24, 2.45) is 0 Å². The fourth-order valence-corrected chi connectivity index (χ4v) is 2.48. The lowest BCUT2D eigenvalue weighted by molar-refractivity contribution is -0.126. The van der Waals surface area contributed by atoms with Gasteiger partial charge in [0.05, 0.1) is 13.2 Å². The maximum Gasteiger partial charge on any atom is 0.319 e. The molecule has 1 aromatic rings. The molecule has 0 aromatic carbocycles. The molecule has 6 nitrogen and oxygen atoms in total. The van der Waals surface area contributed by atoms with Gasteiger partial charge < -0.3 is 10.2 Å². The smallest absolute Gasteiger partial charge is 0.319 e. The number of thiazole rings is 1. The number of carbonyl (C=O) groups excluding carboxylic acids is 2. The van der Waals surface area contributed by atoms with Crippen molar-refractivity contribution < 1.29 is 9.59 Å². The molecule has 7 heteroatoms. The van der Waals surface area contributed by atoms with Gasteiger partial charge in [0, 0.05) is 17.6 Å². The predicted molar refractivity (Wildman–Crippen MR) is 68.0 cm³/mol. The lowest BCUT2D eigenvalue weighted by Gasteiger charge is -2.16. The minimum Gasteiger partial charge on any atom is -0.331 e. The number of likely N-dealkylation sites (N-methyl/N-ethyl adjacent to an activating group) is 1. The van der Waals surface area contributed by atoms with Crippen molar-refractivity contribution in [3.8, 4) is 0 Å². The third-order valence-electron chi connectivity index (χ3n) is 2.75. The van der Waals surface area contributed by atoms with Crippen LogP contribution in [-0.2, 0) is 11.3 Å². The number of hydrogen-bond donors (Lipinski definition) is 1. The highest BCUT2D eigenvalue weighted by Crippen LogP contribution is 2.11. The molecule has 3 amide bonds. The number of hydrogen-bond acceptors (Lipinski definition) is 4. The van der Waals surface area contributed by atoms with Gasteiger partial charge in [-0.1, -0.05) is 0 Å². The number of amides is 3. The van der Waals surface area contributed by atoms with Crippen molar-refractivity contribution in [1.82, 2.24) is 20.1 Å². The largest absolute Gasteiger partial charge is 0.331 e. The average molecular weight is 268 g/mol. The lowest BCUT2D eigenvalue weighted by atomic mass is 10.5. The van der Waals surface area contributed by atoms with E-state index in [1.54, 1.807) is 22.4 Å². The normalized spacial score (nSPS) is 15.3. The van der Waals surface area contributed by atoms with E-state index in [4.69, 9.17) is 0 Å². The lowest BCUT2D eigenvalue weighted by Crippen LogP contribution is -2.39. The number of carbonyl (C=O) groups is 2. The molecule has 1 fully saturated rings. The van der Waals surface area contributed by atoms with Gasteiger partial charge in [0.25, 0.3) is 0 Å². The zero-order valence-corrected chi connectivity index (χ0v) is 11.3. The number of aromatic nitrogens is 1. The summed E-state index contributed by atoms with van der Waals surface area (Å²) in [6, 6.07) is -0.216. The molecule has 1 aromatic heterocycles. The Bertz CT molecular complexity index is 460. The van der Waals surface area contributed by atoms with Crippen LogP contribution in [0.25, 0.3) is 0 Å². The molecule has 0 saturated carbocycles. The summed E-state index contributed by atoms with van der Waals surface area (Å²) in [4.78, 5) is 31.8. The minimum absolute atomic E-state index is 0.00209. The van der Waals surface area contributed by atoms with E-state index in [1.165, 1.54) is 4.90 Å². The summed E-state index contributed by atoms with van der Waals surface area (Å²) < 4.78 is 0. The summed E-state index contributed by atoms with van der Waals surface area (Å²) in [5.74, 6) is -0.00209. The monoisotopic (exact) mass is 268 g/mol. The Labute approximate surface area is 110 Å². The van der Waals surface area contributed by atoms with Crippen molar-refractivity contribution in [2.75, 3.05) is 19.8 Å². The van der Waals surface area contributed by atoms with Crippen LogP contribution in [0.1, 0.15) is 16.8 Å². The quantitative estimate of drug-likeness (QED) is 0.881. The molecule has 1 N–H and O–H groups in total. The average Bonchev–Trinajstić information content (AvgIpc) is 2.92. The van der Waals surface area contributed by atoms with E-state index < -0.39 is 0 Å². The highest BCUT2D eigenvalue weighted by molar-refractivity contribution is 7.11. The third kappa shape index (κ3) is 2.79. The van der Waals surface area contributed by atoms with Crippen LogP contribution in [0, 0.1) is 6.92 Å². The first-order chi connectivity index (χ1) is 8.60. The van der Waals surface area contributed by atoms with Crippen LogP contribution >= 0.6 is 11.3 Å². The van der Waals surface area contributed by atoms with Crippen LogP contribution in [-0.4, -0.2) is 46.5 Å². The third-order valence-corrected chi connectivity index (χ3v) is 3.66. The summed E-state index contributed by atoms with van der Waals surface area (Å²) >= 11 is 1.56. The summed E-state index contributed by atoms with van der Waals surface area (Å²) in [7, 11) is 0. The zero-order chi connectivity index (χ0) is 13.1. The summed E-state index contributed by atoms with van der Waals surface area (Å²) in [5.41, 5.74) is 0. The van der Waals surface area contributed by atoms with Crippen molar-refractivity contribution in [2.45, 2.75) is 20.4 Å². The number of rotatable bonds is 3. The molecule has 18 heavy (non-hydrogen) atoms. The van der Waals surface area contributed by atoms with E-state index in [-0.39, 0.29) is 18.5 Å². The Kier molecular flexibility index (Phi) is 3.81. The first-order valence-corrected chi connectivity index (χ1v) is 6.63. The van der Waals surface area contributed by atoms with Gasteiger partial charge in [0.15, 0.2) is 0 Å². The fraction of sp³-hybridized carbons (Fsp3) is 0.545. The Morgan fingerprint density at radius 2 is 2.39 bits per heavy atom. The van der Waals surface area contributed by atoms with Crippen molar-refractivity contribution in [1.29, 1.82) is 0 Å². The minimum atomic E-state index is -0.216. The van der Waals surface area contributed by atoms with Gasteiger partial charge in [-0.15, -0.1) is 11.3 Å². The van der Waals surface area contributed by atoms with E-state index in [9.17, 15) is 9.59 Å². The molecule has 1 aliphatic heterocycles. The van der Waals surface area contributed by atoms with Crippen molar-refractivity contribution in [3.05, 3.63) is 16.1 Å². The molecule has 0 aliphatic carbocycles. The predicted octanol–water partition coefficient (Wildman–Crippen LogP) is 0.783. The molecule has 1 saturated heterocycles. The molecule has 1 aliphatic rings. The molecule has 0 bridgehead atoms. The number of urea groups is 1. The van der Waals surface area contributed by atoms with Gasteiger partial charge in [0.1, 0.15) is 11.6 Å². The second kappa shape index (κ2) is 5.34. The van der Waals surface area contributed by atoms with Crippen molar-refractivity contribution in [3.63, 3.8) is 0 Å². The maximum absolute atomic E-state index is 11.8. The Morgan fingerprint density at radius 1 is 1.61 bits per heavy atom. The molecule has 0 unspecified atom stereocenters. The highest BCUT2D eigenvalue weighted by Gasteiger charge is 2.29. The van der Waals surface area contributed by atoms with Gasteiger partial charge in [-0.2, -0.15) is 0 Å². The molecular formula is C11H16N4O2S. The van der Waals surface area contributed by atoms with Crippen LogP contribution < -0.4 is 5.32 Å². The van der Waals surface area contributed by atoms with Gasteiger partial charge >= 0.3 is 6.03 Å². The number of aryl methyl sites for hydroxylation is 1. The van der Waals surface area contributed by atoms with E-state index >= 15 is 0 Å². The zero-order valence-electron chi connectivity index (χ0n) is 10.5. The Morgan fingerprint density at radius 3 is 2.94 bits per heavy atom. The van der Waals surface area contributed by atoms with E-state index in [0.29, 0.717) is 19.8 Å². The molecule has 2 rings (SSSR count). The molecule has 0 radical (unpaired) electrons. The Balaban J connectivity index is 1.84. The SMILES string of the molecule is CCN1CN(C(=O)NCc2ncc(C)s2)CC1=O. The first kappa shape index (κ1) is 12.8. The molecule has 0 atom stereocenters. The van der Waals surface area contributed by atoms with Crippen LogP contribution in [0.2, 0.25) is 0 Å². The van der Waals surface area contributed by atoms with Crippen LogP contribution in [0.5, 0.6) is 0 Å². The second-order valence-corrected chi connectivity index (χ2v) is 5.43. The van der Waals surface area contributed by atoms with E-state index in [1.807, 2.05) is 13.8 Å². The molecule has 98 valence electrons. The van der Waals surface area contributed by atoms with Gasteiger partial charge in [-0.05, 0) is 13.8 Å². The molecular weight excluding hydrogens is 252 g/mol. The van der Waals surface area contributed by atoms with Crippen LogP contribution in [0.4, 0.5) is 4.79 Å². The first-order valence-electron chi connectivity index (χ1n) is 5.82. The molecule has 0 spiro atoms. The fourth-order valence-electron chi connectivity index (χ4n) is 1.76. The van der Waals surface area contributed by atoms with Crippen LogP contribution in [0.15, 0.2) is 6.20 Å². The van der Waals surface area contributed by atoms with E-state index in [0.717, 1.165) is 9.88 Å². The number of nitrogens with one attached hydrogen (secondary N) is 1. The van der Waals surface area contributed by atoms with E-state index in [2.05, 4.69) is 10.3 Å². The summed E-state index contributed by atoms with van der Waals surface area (Å²) in [6.07, 6.45) is 1.78. The van der Waals surface area contributed by atoms with Crippen LogP contribution in [0.3, 0.4) is 0 Å². The summed E-state index contributed by atoms with van der Waals surface area (Å²) in [6.45, 7) is 5.45. The standard InChI is InChI=1S/C11H16N4O2S/c1-3-14-7-15(6-10(14)16)11(17)13-5-9-12-4-8(2)18-9/h4H,3,5-7H2,1-2H3,(H,13,17). The van der Waals surface area contributed by atoms with Gasteiger partial charge in [0.2, 0.25) is 5.91 Å². The highest BCUT2D eigenvalue weighted by atomic mass is 32.1. The topological polar surface area (TPSA) is 65.5 Å². The van der Waals surface area contributed by atoms with Gasteiger partial charge in [-0.3, -0.25) is 9.69 Å².